The molecule has 0 atom stereocenters. The van der Waals surface area contributed by atoms with Gasteiger partial charge in [-0.2, -0.15) is 13.2 Å². The fourth-order valence-corrected chi connectivity index (χ4v) is 1.37. The number of alkyl halides is 3. The fraction of sp³-hybridized carbons (Fsp3) is 0.300. The van der Waals surface area contributed by atoms with Crippen LogP contribution < -0.4 is 0 Å². The molecule has 0 N–H and O–H groups in total. The minimum absolute atomic E-state index is 0.0160. The van der Waals surface area contributed by atoms with Crippen molar-refractivity contribution in [1.82, 2.24) is 4.98 Å². The van der Waals surface area contributed by atoms with Gasteiger partial charge in [-0.05, 0) is 23.6 Å². The van der Waals surface area contributed by atoms with Gasteiger partial charge in [0.05, 0.1) is 5.56 Å². The van der Waals surface area contributed by atoms with Crippen molar-refractivity contribution in [3.8, 4) is 0 Å². The van der Waals surface area contributed by atoms with Crippen LogP contribution >= 0.6 is 11.6 Å². The van der Waals surface area contributed by atoms with E-state index in [4.69, 9.17) is 17.1 Å². The summed E-state index contributed by atoms with van der Waals surface area (Å²) in [5.41, 5.74) is 7.11. The van der Waals surface area contributed by atoms with Crippen LogP contribution in [0.25, 0.3) is 16.5 Å². The number of rotatable bonds is 4. The minimum atomic E-state index is -4.48. The van der Waals surface area contributed by atoms with Gasteiger partial charge >= 0.3 is 6.18 Å². The molecule has 0 unspecified atom stereocenters. The smallest absolute Gasteiger partial charge is 0.244 e. The molecule has 1 aromatic rings. The van der Waals surface area contributed by atoms with E-state index < -0.39 is 11.7 Å². The van der Waals surface area contributed by atoms with Gasteiger partial charge in [0, 0.05) is 17.7 Å². The van der Waals surface area contributed by atoms with Gasteiger partial charge in [-0.15, -0.1) is 0 Å². The first-order valence-electron chi connectivity index (χ1n) is 4.85. The molecule has 4 nitrogen and oxygen atoms in total. The van der Waals surface area contributed by atoms with Gasteiger partial charge in [-0.3, -0.25) is 0 Å². The van der Waals surface area contributed by atoms with Crippen molar-refractivity contribution in [2.75, 3.05) is 6.54 Å². The molecule has 0 aliphatic rings. The Labute approximate surface area is 106 Å². The average molecular weight is 277 g/mol. The Hall–Kier alpha value is -1.72. The molecule has 8 heteroatoms. The molecule has 0 aromatic carbocycles. The van der Waals surface area contributed by atoms with E-state index in [1.807, 2.05) is 0 Å². The predicted molar refractivity (Wildman–Crippen MR) is 61.9 cm³/mol. The second kappa shape index (κ2) is 6.28. The van der Waals surface area contributed by atoms with E-state index >= 15 is 0 Å². The number of aromatic nitrogens is 1. The van der Waals surface area contributed by atoms with Crippen LogP contribution in [0.15, 0.2) is 23.5 Å². The lowest BCUT2D eigenvalue weighted by Gasteiger charge is -2.09. The second-order valence-electron chi connectivity index (χ2n) is 3.24. The Morgan fingerprint density at radius 3 is 2.83 bits per heavy atom. The van der Waals surface area contributed by atoms with Crippen LogP contribution in [0.1, 0.15) is 17.5 Å². The second-order valence-corrected chi connectivity index (χ2v) is 3.62. The predicted octanol–water partition coefficient (Wildman–Crippen LogP) is 4.47. The summed E-state index contributed by atoms with van der Waals surface area (Å²) in [7, 11) is 0. The molecular formula is C10H8ClF3N4. The third-order valence-electron chi connectivity index (χ3n) is 1.96. The summed E-state index contributed by atoms with van der Waals surface area (Å²) < 4.78 is 37.9. The van der Waals surface area contributed by atoms with E-state index in [0.29, 0.717) is 12.6 Å². The number of azide groups is 1. The van der Waals surface area contributed by atoms with Crippen molar-refractivity contribution in [2.24, 2.45) is 5.11 Å². The molecule has 0 spiro atoms. The standard InChI is InChI=1S/C10H8ClF3N4/c11-9-5-7(3-1-2-4-17-18-15)8(6-16-9)10(12,13)14/h1,3,5-6H,2,4H2. The van der Waals surface area contributed by atoms with Crippen LogP contribution in [0.5, 0.6) is 0 Å². The first-order valence-corrected chi connectivity index (χ1v) is 5.23. The van der Waals surface area contributed by atoms with Crippen molar-refractivity contribution in [2.45, 2.75) is 12.6 Å². The SMILES string of the molecule is [N-]=[N+]=NCCC=Cc1cc(Cl)ncc1C(F)(F)F. The molecular weight excluding hydrogens is 269 g/mol. The van der Waals surface area contributed by atoms with E-state index in [0.717, 1.165) is 6.07 Å². The Morgan fingerprint density at radius 1 is 1.50 bits per heavy atom. The van der Waals surface area contributed by atoms with Crippen LogP contribution in [0.4, 0.5) is 13.2 Å². The molecule has 0 radical (unpaired) electrons. The highest BCUT2D eigenvalue weighted by Gasteiger charge is 2.33. The van der Waals surface area contributed by atoms with Crippen molar-refractivity contribution in [3.63, 3.8) is 0 Å². The lowest BCUT2D eigenvalue weighted by Crippen LogP contribution is -2.08. The van der Waals surface area contributed by atoms with Crippen molar-refractivity contribution in [3.05, 3.63) is 45.1 Å². The lowest BCUT2D eigenvalue weighted by molar-refractivity contribution is -0.137. The van der Waals surface area contributed by atoms with Crippen LogP contribution in [-0.2, 0) is 6.18 Å². The first-order chi connectivity index (χ1) is 8.45. The highest BCUT2D eigenvalue weighted by Crippen LogP contribution is 2.32. The van der Waals surface area contributed by atoms with E-state index in [2.05, 4.69) is 15.0 Å². The van der Waals surface area contributed by atoms with Gasteiger partial charge in [0.2, 0.25) is 0 Å². The molecule has 1 rings (SSSR count). The number of hydrogen-bond acceptors (Lipinski definition) is 2. The third-order valence-corrected chi connectivity index (χ3v) is 2.17. The highest BCUT2D eigenvalue weighted by molar-refractivity contribution is 6.29. The molecule has 1 aromatic heterocycles. The van der Waals surface area contributed by atoms with Crippen LogP contribution in [0.2, 0.25) is 5.15 Å². The highest BCUT2D eigenvalue weighted by atomic mass is 35.5. The Morgan fingerprint density at radius 2 is 2.22 bits per heavy atom. The fourth-order valence-electron chi connectivity index (χ4n) is 1.21. The zero-order valence-electron chi connectivity index (χ0n) is 9.02. The maximum absolute atomic E-state index is 12.6. The van der Waals surface area contributed by atoms with Crippen molar-refractivity contribution < 1.29 is 13.2 Å². The summed E-state index contributed by atoms with van der Waals surface area (Å²) in [5.74, 6) is 0. The van der Waals surface area contributed by atoms with Gasteiger partial charge in [-0.25, -0.2) is 4.98 Å². The number of nitrogens with zero attached hydrogens (tertiary/aromatic N) is 4. The summed E-state index contributed by atoms with van der Waals surface area (Å²) in [6.07, 6.45) is -0.683. The van der Waals surface area contributed by atoms with Gasteiger partial charge in [0.1, 0.15) is 5.15 Å². The Balaban J connectivity index is 2.92. The maximum Gasteiger partial charge on any atom is 0.418 e. The van der Waals surface area contributed by atoms with Crippen LogP contribution in [-0.4, -0.2) is 11.5 Å². The molecule has 0 fully saturated rings. The van der Waals surface area contributed by atoms with Gasteiger partial charge in [0.25, 0.3) is 0 Å². The number of pyridine rings is 1. The van der Waals surface area contributed by atoms with E-state index in [9.17, 15) is 13.2 Å². The van der Waals surface area contributed by atoms with E-state index in [1.165, 1.54) is 12.2 Å². The normalized spacial score (nSPS) is 11.6. The molecule has 0 aliphatic heterocycles. The van der Waals surface area contributed by atoms with Crippen LogP contribution in [0.3, 0.4) is 0 Å². The zero-order valence-corrected chi connectivity index (χ0v) is 9.78. The van der Waals surface area contributed by atoms with Gasteiger partial charge in [-0.1, -0.05) is 28.9 Å². The molecule has 0 saturated carbocycles. The van der Waals surface area contributed by atoms with E-state index in [-0.39, 0.29) is 17.3 Å². The van der Waals surface area contributed by atoms with Crippen molar-refractivity contribution in [1.29, 1.82) is 0 Å². The molecule has 0 aliphatic carbocycles. The molecule has 0 amide bonds. The number of hydrogen-bond donors (Lipinski definition) is 0. The monoisotopic (exact) mass is 276 g/mol. The van der Waals surface area contributed by atoms with Gasteiger partial charge < -0.3 is 0 Å². The lowest BCUT2D eigenvalue weighted by atomic mass is 10.1. The molecule has 0 saturated heterocycles. The number of halogens is 4. The summed E-state index contributed by atoms with van der Waals surface area (Å²) in [6, 6.07) is 1.13. The summed E-state index contributed by atoms with van der Waals surface area (Å²) in [4.78, 5) is 5.94. The first kappa shape index (κ1) is 14.3. The Kier molecular flexibility index (Phi) is 5.00. The zero-order chi connectivity index (χ0) is 13.6. The quantitative estimate of drug-likeness (QED) is 0.263. The van der Waals surface area contributed by atoms with E-state index in [1.54, 1.807) is 0 Å². The molecule has 18 heavy (non-hydrogen) atoms. The third kappa shape index (κ3) is 4.27. The topological polar surface area (TPSA) is 61.7 Å². The molecule has 1 heterocycles. The molecule has 96 valence electrons. The average Bonchev–Trinajstić information content (AvgIpc) is 2.27. The summed E-state index contributed by atoms with van der Waals surface area (Å²) in [5, 5.41) is 3.24. The van der Waals surface area contributed by atoms with Crippen LogP contribution in [0, 0.1) is 0 Å². The molecule has 0 bridgehead atoms. The summed E-state index contributed by atoms with van der Waals surface area (Å²) in [6.45, 7) is 0.188. The largest absolute Gasteiger partial charge is 0.418 e. The summed E-state index contributed by atoms with van der Waals surface area (Å²) >= 11 is 5.55. The van der Waals surface area contributed by atoms with Gasteiger partial charge in [0.15, 0.2) is 0 Å². The Bertz CT molecular complexity index is 492. The van der Waals surface area contributed by atoms with Crippen molar-refractivity contribution >= 4 is 17.7 Å². The maximum atomic E-state index is 12.6. The minimum Gasteiger partial charge on any atom is -0.244 e.